The number of fused-ring (bicyclic) bond motifs is 3. The third kappa shape index (κ3) is 6.07. The zero-order chi connectivity index (χ0) is 32.4. The second-order valence-electron chi connectivity index (χ2n) is 14.2. The molecule has 4 heterocycles. The average Bonchev–Trinajstić information content (AvgIpc) is 3.50. The summed E-state index contributed by atoms with van der Waals surface area (Å²) in [5.74, 6) is 2.05. The first-order valence-electron chi connectivity index (χ1n) is 15.8. The monoisotopic (exact) mass is 646 g/mol. The SMILES string of the molecule is CSc1nc(CS)nc(CCCCn2c3cc(B4OC(C)(C)C(C)(C)O4)ccc3c3ccc(B4OC(C)(C)C(C)(C)O4)cc32)n1. The molecule has 0 saturated carbocycles. The summed E-state index contributed by atoms with van der Waals surface area (Å²) in [4.78, 5) is 13.7. The molecule has 238 valence electrons. The van der Waals surface area contributed by atoms with Gasteiger partial charge in [-0.2, -0.15) is 12.6 Å². The van der Waals surface area contributed by atoms with E-state index in [0.29, 0.717) is 5.75 Å². The summed E-state index contributed by atoms with van der Waals surface area (Å²) < 4.78 is 28.2. The first kappa shape index (κ1) is 32.8. The Bertz CT molecular complexity index is 1600. The van der Waals surface area contributed by atoms with E-state index in [1.165, 1.54) is 22.5 Å². The molecule has 0 aliphatic carbocycles. The molecule has 0 unspecified atom stereocenters. The summed E-state index contributed by atoms with van der Waals surface area (Å²) in [6.07, 6.45) is 4.67. The number of rotatable bonds is 9. The molecule has 45 heavy (non-hydrogen) atoms. The molecule has 2 fully saturated rings. The molecular weight excluding hydrogens is 602 g/mol. The summed E-state index contributed by atoms with van der Waals surface area (Å²) in [5.41, 5.74) is 2.72. The Morgan fingerprint density at radius 1 is 0.689 bits per heavy atom. The van der Waals surface area contributed by atoms with Crippen molar-refractivity contribution in [2.45, 2.75) is 115 Å². The van der Waals surface area contributed by atoms with Crippen LogP contribution in [0.3, 0.4) is 0 Å². The summed E-state index contributed by atoms with van der Waals surface area (Å²) in [7, 11) is -0.858. The van der Waals surface area contributed by atoms with Crippen LogP contribution < -0.4 is 10.9 Å². The van der Waals surface area contributed by atoms with Crippen LogP contribution in [0, 0.1) is 0 Å². The number of benzene rings is 2. The fourth-order valence-corrected chi connectivity index (χ4v) is 6.43. The maximum Gasteiger partial charge on any atom is 0.494 e. The Morgan fingerprint density at radius 2 is 1.16 bits per heavy atom. The highest BCUT2D eigenvalue weighted by Crippen LogP contribution is 2.38. The van der Waals surface area contributed by atoms with E-state index in [1.54, 1.807) is 0 Å². The highest BCUT2D eigenvalue weighted by atomic mass is 32.2. The topological polar surface area (TPSA) is 80.5 Å². The molecule has 4 aromatic rings. The van der Waals surface area contributed by atoms with Crippen molar-refractivity contribution >= 4 is 71.4 Å². The van der Waals surface area contributed by atoms with Crippen molar-refractivity contribution in [1.82, 2.24) is 19.5 Å². The number of thiol groups is 1. The van der Waals surface area contributed by atoms with Gasteiger partial charge in [-0.05, 0) is 97.5 Å². The number of nitrogens with zero attached hydrogens (tertiary/aromatic N) is 4. The Morgan fingerprint density at radius 3 is 1.60 bits per heavy atom. The van der Waals surface area contributed by atoms with Crippen LogP contribution in [0.5, 0.6) is 0 Å². The van der Waals surface area contributed by atoms with Gasteiger partial charge in [0.05, 0.1) is 28.2 Å². The van der Waals surface area contributed by atoms with E-state index in [9.17, 15) is 0 Å². The lowest BCUT2D eigenvalue weighted by Gasteiger charge is -2.32. The molecule has 2 aliphatic rings. The molecule has 0 radical (unpaired) electrons. The van der Waals surface area contributed by atoms with Crippen LogP contribution in [0.4, 0.5) is 0 Å². The number of aromatic nitrogens is 4. The van der Waals surface area contributed by atoms with E-state index >= 15 is 0 Å². The third-order valence-corrected chi connectivity index (χ3v) is 10.9. The maximum absolute atomic E-state index is 6.43. The predicted octanol–water partition coefficient (Wildman–Crippen LogP) is 5.75. The van der Waals surface area contributed by atoms with E-state index in [-0.39, 0.29) is 0 Å². The van der Waals surface area contributed by atoms with Crippen molar-refractivity contribution in [1.29, 1.82) is 0 Å². The fraction of sp³-hybridized carbons (Fsp3) is 0.545. The van der Waals surface area contributed by atoms with Gasteiger partial charge in [0.15, 0.2) is 5.16 Å². The van der Waals surface area contributed by atoms with E-state index in [0.717, 1.165) is 64.6 Å². The minimum Gasteiger partial charge on any atom is -0.399 e. The van der Waals surface area contributed by atoms with Gasteiger partial charge in [-0.1, -0.05) is 36.0 Å². The first-order valence-corrected chi connectivity index (χ1v) is 17.7. The van der Waals surface area contributed by atoms with Gasteiger partial charge in [-0.15, -0.1) is 0 Å². The van der Waals surface area contributed by atoms with Crippen molar-refractivity contribution in [3.05, 3.63) is 48.0 Å². The Hall–Kier alpha value is -2.08. The molecule has 2 saturated heterocycles. The molecule has 0 spiro atoms. The Balaban J connectivity index is 1.35. The molecule has 0 amide bonds. The third-order valence-electron chi connectivity index (χ3n) is 10.0. The predicted molar refractivity (Wildman–Crippen MR) is 188 cm³/mol. The number of hydrogen-bond donors (Lipinski definition) is 1. The zero-order valence-corrected chi connectivity index (χ0v) is 29.6. The van der Waals surface area contributed by atoms with Gasteiger partial charge in [0.2, 0.25) is 0 Å². The minimum absolute atomic E-state index is 0.408. The van der Waals surface area contributed by atoms with Gasteiger partial charge in [0.1, 0.15) is 11.6 Å². The van der Waals surface area contributed by atoms with Crippen molar-refractivity contribution in [2.24, 2.45) is 0 Å². The van der Waals surface area contributed by atoms with Crippen molar-refractivity contribution in [3.63, 3.8) is 0 Å². The van der Waals surface area contributed by atoms with Crippen LogP contribution in [-0.4, -0.2) is 62.4 Å². The highest BCUT2D eigenvalue weighted by molar-refractivity contribution is 7.98. The second kappa shape index (κ2) is 11.9. The molecule has 12 heteroatoms. The summed E-state index contributed by atoms with van der Waals surface area (Å²) >= 11 is 5.91. The van der Waals surface area contributed by atoms with Crippen molar-refractivity contribution in [3.8, 4) is 0 Å². The highest BCUT2D eigenvalue weighted by Gasteiger charge is 2.53. The van der Waals surface area contributed by atoms with Gasteiger partial charge in [0, 0.05) is 34.8 Å². The zero-order valence-electron chi connectivity index (χ0n) is 27.9. The molecular formula is C33H44B2N4O4S2. The van der Waals surface area contributed by atoms with E-state index in [4.69, 9.17) is 18.6 Å². The smallest absolute Gasteiger partial charge is 0.399 e. The fourth-order valence-electron chi connectivity index (χ4n) is 5.89. The van der Waals surface area contributed by atoms with Crippen molar-refractivity contribution in [2.75, 3.05) is 6.26 Å². The van der Waals surface area contributed by atoms with Gasteiger partial charge in [-0.3, -0.25) is 0 Å². The summed E-state index contributed by atoms with van der Waals surface area (Å²) in [6.45, 7) is 17.6. The minimum atomic E-state index is -0.429. The molecule has 0 bridgehead atoms. The number of unbranched alkanes of at least 4 members (excludes halogenated alkanes) is 1. The normalized spacial score (nSPS) is 20.1. The average molecular weight is 646 g/mol. The van der Waals surface area contributed by atoms with Gasteiger partial charge >= 0.3 is 14.2 Å². The van der Waals surface area contributed by atoms with Gasteiger partial charge < -0.3 is 23.2 Å². The maximum atomic E-state index is 6.43. The lowest BCUT2D eigenvalue weighted by atomic mass is 9.78. The van der Waals surface area contributed by atoms with Gasteiger partial charge in [0.25, 0.3) is 0 Å². The second-order valence-corrected chi connectivity index (χ2v) is 15.2. The van der Waals surface area contributed by atoms with Crippen molar-refractivity contribution < 1.29 is 18.6 Å². The standard InChI is InChI=1S/C33H44B2N4O4S2/c1-30(2)31(3,4)41-34(40-30)21-13-15-23-24-16-14-22(35-42-32(5,6)33(7,8)43-35)19-26(24)39(25(23)18-21)17-11-10-12-27-36-28(20-44)38-29(37-27)45-9/h13-16,18-19,44H,10-12,17,20H2,1-9H3. The largest absolute Gasteiger partial charge is 0.494 e. The van der Waals surface area contributed by atoms with E-state index in [2.05, 4.69) is 124 Å². The molecule has 2 aliphatic heterocycles. The Kier molecular flexibility index (Phi) is 8.66. The Labute approximate surface area is 277 Å². The van der Waals surface area contributed by atoms with E-state index < -0.39 is 36.6 Å². The molecule has 0 N–H and O–H groups in total. The molecule has 2 aromatic carbocycles. The number of aryl methyl sites for hydroxylation is 2. The summed E-state index contributed by atoms with van der Waals surface area (Å²) in [5, 5.41) is 3.15. The summed E-state index contributed by atoms with van der Waals surface area (Å²) in [6, 6.07) is 13.2. The van der Waals surface area contributed by atoms with Crippen LogP contribution in [-0.2, 0) is 37.3 Å². The van der Waals surface area contributed by atoms with Gasteiger partial charge in [-0.25, -0.2) is 15.0 Å². The van der Waals surface area contributed by atoms with Crippen LogP contribution in [0.2, 0.25) is 0 Å². The lowest BCUT2D eigenvalue weighted by molar-refractivity contribution is 0.00578. The quantitative estimate of drug-likeness (QED) is 0.107. The first-order chi connectivity index (χ1) is 21.1. The number of thioether (sulfide) groups is 1. The molecule has 6 rings (SSSR count). The van der Waals surface area contributed by atoms with E-state index in [1.807, 2.05) is 6.26 Å². The van der Waals surface area contributed by atoms with Crippen LogP contribution in [0.15, 0.2) is 41.6 Å². The molecule has 8 nitrogen and oxygen atoms in total. The lowest BCUT2D eigenvalue weighted by Crippen LogP contribution is -2.41. The van der Waals surface area contributed by atoms with Crippen LogP contribution in [0.1, 0.15) is 79.9 Å². The number of hydrogen-bond acceptors (Lipinski definition) is 9. The molecule has 2 aromatic heterocycles. The molecule has 0 atom stereocenters. The van der Waals surface area contributed by atoms with Crippen LogP contribution in [0.25, 0.3) is 21.8 Å². The van der Waals surface area contributed by atoms with Crippen LogP contribution >= 0.6 is 24.4 Å².